The summed E-state index contributed by atoms with van der Waals surface area (Å²) < 4.78 is 0. The van der Waals surface area contributed by atoms with Crippen molar-refractivity contribution in [2.75, 3.05) is 29.0 Å². The third-order valence-corrected chi connectivity index (χ3v) is 4.43. The molecule has 1 aromatic carbocycles. The first-order chi connectivity index (χ1) is 11.5. The number of benzene rings is 1. The minimum Gasteiger partial charge on any atom is -0.383 e. The van der Waals surface area contributed by atoms with E-state index in [1.807, 2.05) is 31.2 Å². The average Bonchev–Trinajstić information content (AvgIpc) is 2.57. The standard InChI is InChI=1S/C17H21N5OS/c1-11-5-7-12(8-6-11)19-16(24)13-14(18)20-17(21-15(13)23)22-9-3-2-4-10-22/h5-8H,2-4,9-10H2,1H3,(H,19,24)(H3,18,20,21,23). The number of aromatic nitrogens is 2. The van der Waals surface area contributed by atoms with Crippen molar-refractivity contribution in [3.05, 3.63) is 45.7 Å². The molecule has 1 fully saturated rings. The van der Waals surface area contributed by atoms with Gasteiger partial charge in [-0.2, -0.15) is 4.98 Å². The van der Waals surface area contributed by atoms with Gasteiger partial charge in [0.25, 0.3) is 5.56 Å². The number of anilines is 3. The molecule has 2 aromatic rings. The van der Waals surface area contributed by atoms with Gasteiger partial charge in [-0.3, -0.25) is 9.78 Å². The monoisotopic (exact) mass is 343 g/mol. The van der Waals surface area contributed by atoms with Crippen molar-refractivity contribution < 1.29 is 0 Å². The molecule has 0 amide bonds. The number of nitrogens with zero attached hydrogens (tertiary/aromatic N) is 2. The lowest BCUT2D eigenvalue weighted by atomic mass is 10.1. The summed E-state index contributed by atoms with van der Waals surface area (Å²) in [5.41, 5.74) is 7.88. The maximum atomic E-state index is 12.5. The zero-order valence-electron chi connectivity index (χ0n) is 13.6. The number of aromatic amines is 1. The van der Waals surface area contributed by atoms with Gasteiger partial charge in [0, 0.05) is 18.8 Å². The van der Waals surface area contributed by atoms with Crippen LogP contribution >= 0.6 is 12.2 Å². The van der Waals surface area contributed by atoms with Gasteiger partial charge in [-0.05, 0) is 38.3 Å². The lowest BCUT2D eigenvalue weighted by molar-refractivity contribution is 0.568. The van der Waals surface area contributed by atoms with E-state index in [1.54, 1.807) is 0 Å². The Balaban J connectivity index is 1.83. The minimum absolute atomic E-state index is 0.156. The molecule has 0 radical (unpaired) electrons. The molecule has 0 atom stereocenters. The number of thiocarbonyl (C=S) groups is 1. The van der Waals surface area contributed by atoms with Crippen molar-refractivity contribution in [2.24, 2.45) is 0 Å². The summed E-state index contributed by atoms with van der Waals surface area (Å²) in [7, 11) is 0. The Morgan fingerprint density at radius 2 is 1.92 bits per heavy atom. The lowest BCUT2D eigenvalue weighted by Gasteiger charge is -2.27. The Labute approximate surface area is 146 Å². The van der Waals surface area contributed by atoms with Crippen LogP contribution in [-0.4, -0.2) is 28.0 Å². The predicted octanol–water partition coefficient (Wildman–Crippen LogP) is 2.44. The number of H-pyrrole nitrogens is 1. The number of nitrogens with one attached hydrogen (secondary N) is 2. The molecule has 6 nitrogen and oxygen atoms in total. The summed E-state index contributed by atoms with van der Waals surface area (Å²) in [4.78, 5) is 22.0. The summed E-state index contributed by atoms with van der Waals surface area (Å²) in [5, 5.41) is 3.04. The van der Waals surface area contributed by atoms with Crippen LogP contribution in [0.3, 0.4) is 0 Å². The minimum atomic E-state index is -0.312. The van der Waals surface area contributed by atoms with Gasteiger partial charge in [-0.15, -0.1) is 0 Å². The highest BCUT2D eigenvalue weighted by molar-refractivity contribution is 7.81. The van der Waals surface area contributed by atoms with Gasteiger partial charge in [-0.25, -0.2) is 0 Å². The van der Waals surface area contributed by atoms with Crippen LogP contribution in [0.5, 0.6) is 0 Å². The van der Waals surface area contributed by atoms with Gasteiger partial charge in [0.05, 0.1) is 0 Å². The highest BCUT2D eigenvalue weighted by atomic mass is 32.1. The van der Waals surface area contributed by atoms with Crippen molar-refractivity contribution in [3.63, 3.8) is 0 Å². The quantitative estimate of drug-likeness (QED) is 0.742. The summed E-state index contributed by atoms with van der Waals surface area (Å²) in [6.07, 6.45) is 3.40. The van der Waals surface area contributed by atoms with Gasteiger partial charge in [0.15, 0.2) is 0 Å². The van der Waals surface area contributed by atoms with Crippen LogP contribution < -0.4 is 21.5 Å². The van der Waals surface area contributed by atoms with E-state index in [-0.39, 0.29) is 21.9 Å². The third-order valence-electron chi connectivity index (χ3n) is 4.13. The molecule has 0 bridgehead atoms. The molecular formula is C17H21N5OS. The zero-order chi connectivity index (χ0) is 17.1. The second-order valence-electron chi connectivity index (χ2n) is 6.02. The first-order valence-corrected chi connectivity index (χ1v) is 8.48. The molecule has 0 spiro atoms. The topological polar surface area (TPSA) is 87.0 Å². The Morgan fingerprint density at radius 1 is 1.25 bits per heavy atom. The Kier molecular flexibility index (Phi) is 4.80. The Morgan fingerprint density at radius 3 is 2.54 bits per heavy atom. The molecule has 1 aromatic heterocycles. The van der Waals surface area contributed by atoms with Crippen molar-refractivity contribution in [1.82, 2.24) is 9.97 Å². The molecule has 1 aliphatic heterocycles. The second kappa shape index (κ2) is 7.00. The molecule has 0 aliphatic carbocycles. The number of hydrogen-bond acceptors (Lipinski definition) is 5. The Bertz CT molecular complexity index is 794. The maximum absolute atomic E-state index is 12.5. The number of hydrogen-bond donors (Lipinski definition) is 3. The molecule has 126 valence electrons. The van der Waals surface area contributed by atoms with Gasteiger partial charge in [-0.1, -0.05) is 29.9 Å². The van der Waals surface area contributed by atoms with Crippen LogP contribution in [0, 0.1) is 6.92 Å². The normalized spacial score (nSPS) is 14.5. The van der Waals surface area contributed by atoms with Gasteiger partial charge >= 0.3 is 0 Å². The zero-order valence-corrected chi connectivity index (χ0v) is 14.4. The Hall–Kier alpha value is -2.41. The predicted molar refractivity (Wildman–Crippen MR) is 102 cm³/mol. The highest BCUT2D eigenvalue weighted by Crippen LogP contribution is 2.17. The second-order valence-corrected chi connectivity index (χ2v) is 6.43. The number of aryl methyl sites for hydroxylation is 1. The number of rotatable bonds is 3. The van der Waals surface area contributed by atoms with Crippen LogP contribution in [-0.2, 0) is 0 Å². The molecule has 1 saturated heterocycles. The number of nitrogen functional groups attached to an aromatic ring is 1. The van der Waals surface area contributed by atoms with Gasteiger partial charge < -0.3 is 16.0 Å². The SMILES string of the molecule is Cc1ccc(NC(=S)c2c(N)nc(N3CCCCC3)[nH]c2=O)cc1. The molecule has 2 heterocycles. The van der Waals surface area contributed by atoms with Crippen LogP contribution in [0.2, 0.25) is 0 Å². The van der Waals surface area contributed by atoms with Crippen molar-refractivity contribution in [2.45, 2.75) is 26.2 Å². The third kappa shape index (κ3) is 3.56. The van der Waals surface area contributed by atoms with Crippen LogP contribution in [0.4, 0.5) is 17.5 Å². The lowest BCUT2D eigenvalue weighted by Crippen LogP contribution is -2.34. The fourth-order valence-electron chi connectivity index (χ4n) is 2.78. The smallest absolute Gasteiger partial charge is 0.264 e. The van der Waals surface area contributed by atoms with E-state index in [1.165, 1.54) is 6.42 Å². The van der Waals surface area contributed by atoms with Crippen LogP contribution in [0.25, 0.3) is 0 Å². The van der Waals surface area contributed by atoms with E-state index in [4.69, 9.17) is 18.0 Å². The first kappa shape index (κ1) is 16.4. The van der Waals surface area contributed by atoms with Gasteiger partial charge in [0.2, 0.25) is 5.95 Å². The van der Waals surface area contributed by atoms with Crippen molar-refractivity contribution in [3.8, 4) is 0 Å². The van der Waals surface area contributed by atoms with Crippen molar-refractivity contribution in [1.29, 1.82) is 0 Å². The number of piperidine rings is 1. The maximum Gasteiger partial charge on any atom is 0.264 e. The van der Waals surface area contributed by atoms with E-state index < -0.39 is 0 Å². The fraction of sp³-hybridized carbons (Fsp3) is 0.353. The van der Waals surface area contributed by atoms with E-state index in [9.17, 15) is 4.79 Å². The fourth-order valence-corrected chi connectivity index (χ4v) is 3.10. The summed E-state index contributed by atoms with van der Waals surface area (Å²) >= 11 is 5.35. The molecule has 1 aliphatic rings. The van der Waals surface area contributed by atoms with E-state index in [0.29, 0.717) is 5.95 Å². The molecule has 3 rings (SSSR count). The summed E-state index contributed by atoms with van der Waals surface area (Å²) in [5.74, 6) is 0.683. The first-order valence-electron chi connectivity index (χ1n) is 8.07. The van der Waals surface area contributed by atoms with E-state index in [0.717, 1.165) is 37.2 Å². The molecular weight excluding hydrogens is 322 g/mol. The summed E-state index contributed by atoms with van der Waals surface area (Å²) in [6.45, 7) is 3.77. The van der Waals surface area contributed by atoms with Gasteiger partial charge in [0.1, 0.15) is 16.4 Å². The van der Waals surface area contributed by atoms with Crippen molar-refractivity contribution >= 4 is 34.7 Å². The van der Waals surface area contributed by atoms with E-state index >= 15 is 0 Å². The highest BCUT2D eigenvalue weighted by Gasteiger charge is 2.18. The largest absolute Gasteiger partial charge is 0.383 e. The summed E-state index contributed by atoms with van der Waals surface area (Å²) in [6, 6.07) is 7.75. The molecule has 7 heteroatoms. The molecule has 4 N–H and O–H groups in total. The average molecular weight is 343 g/mol. The number of nitrogens with two attached hydrogens (primary N) is 1. The molecule has 0 unspecified atom stereocenters. The van der Waals surface area contributed by atoms with Crippen LogP contribution in [0.1, 0.15) is 30.4 Å². The molecule has 0 saturated carbocycles. The van der Waals surface area contributed by atoms with Crippen LogP contribution in [0.15, 0.2) is 29.1 Å². The molecule has 24 heavy (non-hydrogen) atoms. The van der Waals surface area contributed by atoms with E-state index in [2.05, 4.69) is 20.2 Å².